The van der Waals surface area contributed by atoms with Crippen LogP contribution in [0.2, 0.25) is 0 Å². The summed E-state index contributed by atoms with van der Waals surface area (Å²) in [6, 6.07) is -0.0280. The summed E-state index contributed by atoms with van der Waals surface area (Å²) in [6.45, 7) is 1.54. The van der Waals surface area contributed by atoms with Crippen LogP contribution < -0.4 is 9.03 Å². The number of carboxylic acid groups (broad SMARTS) is 1. The number of aryl methyl sites for hydroxylation is 1. The van der Waals surface area contributed by atoms with Gasteiger partial charge in [0, 0.05) is 13.1 Å². The van der Waals surface area contributed by atoms with E-state index in [1.807, 2.05) is 0 Å². The molecule has 0 saturated heterocycles. The quantitative estimate of drug-likeness (QED) is 0.826. The molecule has 0 amide bonds. The fraction of sp³-hybridized carbons (Fsp3) is 0.556. The average molecular weight is 291 g/mol. The Morgan fingerprint density at radius 1 is 1.56 bits per heavy atom. The Morgan fingerprint density at radius 2 is 2.17 bits per heavy atom. The summed E-state index contributed by atoms with van der Waals surface area (Å²) in [4.78, 5) is 11.1. The molecule has 1 heterocycles. The van der Waals surface area contributed by atoms with Gasteiger partial charge in [0.25, 0.3) is 0 Å². The lowest BCUT2D eigenvalue weighted by molar-refractivity contribution is 0.0697. The van der Waals surface area contributed by atoms with E-state index < -0.39 is 16.2 Å². The molecule has 0 atom stereocenters. The molecule has 1 aromatic rings. The highest BCUT2D eigenvalue weighted by atomic mass is 32.2. The summed E-state index contributed by atoms with van der Waals surface area (Å²) < 4.78 is 31.3. The molecule has 2 rings (SSSR count). The van der Waals surface area contributed by atoms with Gasteiger partial charge in [0.2, 0.25) is 0 Å². The van der Waals surface area contributed by atoms with Crippen molar-refractivity contribution in [2.75, 3.05) is 11.4 Å². The minimum Gasteiger partial charge on any atom is -0.478 e. The Labute approximate surface area is 109 Å². The van der Waals surface area contributed by atoms with E-state index >= 15 is 0 Å². The van der Waals surface area contributed by atoms with Gasteiger partial charge in [-0.1, -0.05) is 0 Å². The van der Waals surface area contributed by atoms with Gasteiger partial charge in [-0.25, -0.2) is 9.10 Å². The number of aromatic carboxylic acids is 1. The van der Waals surface area contributed by atoms with Crippen molar-refractivity contribution in [3.8, 4) is 0 Å². The molecule has 0 spiro atoms. The molecule has 1 aliphatic rings. The molecule has 1 aliphatic carbocycles. The van der Waals surface area contributed by atoms with Crippen LogP contribution in [0.5, 0.6) is 0 Å². The van der Waals surface area contributed by atoms with Gasteiger partial charge in [0.05, 0.1) is 5.69 Å². The predicted molar refractivity (Wildman–Crippen MR) is 67.3 cm³/mol. The molecule has 100 valence electrons. The van der Waals surface area contributed by atoms with Gasteiger partial charge in [-0.2, -0.15) is 17.5 Å². The van der Waals surface area contributed by atoms with Crippen LogP contribution in [0.25, 0.3) is 0 Å². The monoisotopic (exact) mass is 291 g/mol. The van der Waals surface area contributed by atoms with Crippen LogP contribution in [-0.2, 0) is 10.2 Å². The van der Waals surface area contributed by atoms with E-state index in [-0.39, 0.29) is 16.6 Å². The average Bonchev–Trinajstić information content (AvgIpc) is 2.96. The third kappa shape index (κ3) is 2.47. The molecule has 1 fully saturated rings. The van der Waals surface area contributed by atoms with Gasteiger partial charge in [-0.3, -0.25) is 0 Å². The Kier molecular flexibility index (Phi) is 3.30. The number of anilines is 1. The first-order valence-corrected chi connectivity index (χ1v) is 7.50. The normalized spacial score (nSPS) is 15.7. The number of carbonyl (C=O) groups is 1. The zero-order chi connectivity index (χ0) is 13.5. The predicted octanol–water partition coefficient (Wildman–Crippen LogP) is 0.583. The maximum absolute atomic E-state index is 12.0. The zero-order valence-corrected chi connectivity index (χ0v) is 11.5. The van der Waals surface area contributed by atoms with E-state index in [0.717, 1.165) is 28.7 Å². The third-order valence-electron chi connectivity index (χ3n) is 2.60. The van der Waals surface area contributed by atoms with Crippen LogP contribution in [0.15, 0.2) is 0 Å². The molecule has 9 heteroatoms. The molecule has 0 radical (unpaired) electrons. The van der Waals surface area contributed by atoms with Gasteiger partial charge in [0.1, 0.15) is 10.6 Å². The van der Waals surface area contributed by atoms with E-state index in [0.29, 0.717) is 5.69 Å². The smallest absolute Gasteiger partial charge is 0.340 e. The van der Waals surface area contributed by atoms with Gasteiger partial charge in [-0.05, 0) is 31.3 Å². The Morgan fingerprint density at radius 3 is 2.67 bits per heavy atom. The van der Waals surface area contributed by atoms with E-state index in [1.54, 1.807) is 0 Å². The van der Waals surface area contributed by atoms with Crippen LogP contribution >= 0.6 is 11.5 Å². The van der Waals surface area contributed by atoms with Gasteiger partial charge < -0.3 is 5.11 Å². The SMILES string of the molecule is Cc1nsc(N(C)S(=O)(=O)NC2CC2)c1C(=O)O. The molecule has 7 nitrogen and oxygen atoms in total. The Balaban J connectivity index is 2.33. The number of hydrogen-bond donors (Lipinski definition) is 2. The summed E-state index contributed by atoms with van der Waals surface area (Å²) in [6.07, 6.45) is 1.64. The number of aromatic nitrogens is 1. The van der Waals surface area contributed by atoms with Gasteiger partial charge >= 0.3 is 16.2 Å². The first-order chi connectivity index (χ1) is 8.33. The van der Waals surface area contributed by atoms with Gasteiger partial charge in [0.15, 0.2) is 0 Å². The van der Waals surface area contributed by atoms with Crippen molar-refractivity contribution in [3.05, 3.63) is 11.3 Å². The van der Waals surface area contributed by atoms with E-state index in [4.69, 9.17) is 5.11 Å². The van der Waals surface area contributed by atoms with Crippen molar-refractivity contribution in [1.82, 2.24) is 9.10 Å². The lowest BCUT2D eigenvalue weighted by Gasteiger charge is -2.18. The molecule has 0 aliphatic heterocycles. The van der Waals surface area contributed by atoms with Crippen molar-refractivity contribution in [2.24, 2.45) is 0 Å². The molecular formula is C9H13N3O4S2. The molecule has 1 aromatic heterocycles. The van der Waals surface area contributed by atoms with Crippen LogP contribution in [0, 0.1) is 6.92 Å². The minimum atomic E-state index is -3.70. The standard InChI is InChI=1S/C9H13N3O4S2/c1-5-7(9(13)14)8(17-10-5)12(2)18(15,16)11-6-3-4-6/h6,11H,3-4H2,1-2H3,(H,13,14). The summed E-state index contributed by atoms with van der Waals surface area (Å²) in [7, 11) is -2.38. The van der Waals surface area contributed by atoms with Crippen LogP contribution in [0.4, 0.5) is 5.00 Å². The number of nitrogens with one attached hydrogen (secondary N) is 1. The first kappa shape index (κ1) is 13.2. The van der Waals surface area contributed by atoms with Crippen molar-refractivity contribution in [1.29, 1.82) is 0 Å². The maximum Gasteiger partial charge on any atom is 0.340 e. The van der Waals surface area contributed by atoms with E-state index in [9.17, 15) is 13.2 Å². The Hall–Kier alpha value is -1.19. The van der Waals surface area contributed by atoms with Crippen molar-refractivity contribution < 1.29 is 18.3 Å². The summed E-state index contributed by atoms with van der Waals surface area (Å²) in [5.74, 6) is -1.18. The van der Waals surface area contributed by atoms with E-state index in [1.165, 1.54) is 14.0 Å². The molecule has 18 heavy (non-hydrogen) atoms. The molecule has 1 saturated carbocycles. The summed E-state index contributed by atoms with van der Waals surface area (Å²) in [5.41, 5.74) is 0.250. The molecule has 0 aromatic carbocycles. The van der Waals surface area contributed by atoms with Crippen molar-refractivity contribution in [3.63, 3.8) is 0 Å². The molecule has 0 bridgehead atoms. The lowest BCUT2D eigenvalue weighted by atomic mass is 10.2. The lowest BCUT2D eigenvalue weighted by Crippen LogP contribution is -2.39. The number of nitrogens with zero attached hydrogens (tertiary/aromatic N) is 2. The van der Waals surface area contributed by atoms with E-state index in [2.05, 4.69) is 9.10 Å². The number of hydrogen-bond acceptors (Lipinski definition) is 5. The van der Waals surface area contributed by atoms with Crippen molar-refractivity contribution >= 4 is 32.7 Å². The highest BCUT2D eigenvalue weighted by molar-refractivity contribution is 7.91. The second kappa shape index (κ2) is 4.48. The zero-order valence-electron chi connectivity index (χ0n) is 9.87. The second-order valence-corrected chi connectivity index (χ2v) is 6.60. The third-order valence-corrected chi connectivity index (χ3v) is 5.26. The van der Waals surface area contributed by atoms with Crippen LogP contribution in [-0.4, -0.2) is 37.0 Å². The highest BCUT2D eigenvalue weighted by Gasteiger charge is 2.32. The molecular weight excluding hydrogens is 278 g/mol. The fourth-order valence-electron chi connectivity index (χ4n) is 1.42. The first-order valence-electron chi connectivity index (χ1n) is 5.28. The summed E-state index contributed by atoms with van der Waals surface area (Å²) >= 11 is 0.863. The molecule has 2 N–H and O–H groups in total. The second-order valence-electron chi connectivity index (χ2n) is 4.12. The van der Waals surface area contributed by atoms with Gasteiger partial charge in [-0.15, -0.1) is 0 Å². The minimum absolute atomic E-state index is 0.0280. The van der Waals surface area contributed by atoms with Crippen LogP contribution in [0.1, 0.15) is 28.9 Å². The topological polar surface area (TPSA) is 99.6 Å². The number of carboxylic acids is 1. The maximum atomic E-state index is 12.0. The number of rotatable bonds is 5. The summed E-state index contributed by atoms with van der Waals surface area (Å²) in [5, 5.41) is 9.19. The largest absolute Gasteiger partial charge is 0.478 e. The Bertz CT molecular complexity index is 577. The van der Waals surface area contributed by atoms with Crippen molar-refractivity contribution in [2.45, 2.75) is 25.8 Å². The fourth-order valence-corrected chi connectivity index (χ4v) is 3.69. The highest BCUT2D eigenvalue weighted by Crippen LogP contribution is 2.30. The molecule has 0 unspecified atom stereocenters. The van der Waals surface area contributed by atoms with Crippen LogP contribution in [0.3, 0.4) is 0 Å².